The Morgan fingerprint density at radius 3 is 3.00 bits per heavy atom. The first-order chi connectivity index (χ1) is 9.78. The van der Waals surface area contributed by atoms with Crippen LogP contribution in [0.2, 0.25) is 0 Å². The molecule has 0 radical (unpaired) electrons. The summed E-state index contributed by atoms with van der Waals surface area (Å²) >= 11 is 0. The van der Waals surface area contributed by atoms with E-state index in [4.69, 9.17) is 4.74 Å². The highest BCUT2D eigenvalue weighted by Gasteiger charge is 2.22. The second kappa shape index (κ2) is 3.93. The number of aryl methyl sites for hydroxylation is 1. The maximum absolute atomic E-state index is 5.32. The summed E-state index contributed by atoms with van der Waals surface area (Å²) in [6, 6.07) is 5.97. The van der Waals surface area contributed by atoms with Gasteiger partial charge in [-0.15, -0.1) is 0 Å². The zero-order valence-corrected chi connectivity index (χ0v) is 11.2. The van der Waals surface area contributed by atoms with Crippen molar-refractivity contribution < 1.29 is 4.74 Å². The molecule has 3 heterocycles. The Labute approximate surface area is 115 Å². The highest BCUT2D eigenvalue weighted by Crippen LogP contribution is 2.33. The molecule has 1 aliphatic rings. The number of ether oxygens (including phenoxy) is 1. The number of fused-ring (bicyclic) bond motifs is 5. The van der Waals surface area contributed by atoms with E-state index in [1.807, 2.05) is 36.1 Å². The van der Waals surface area contributed by atoms with Crippen LogP contribution in [0.25, 0.3) is 17.1 Å². The molecule has 20 heavy (non-hydrogen) atoms. The minimum Gasteiger partial charge on any atom is -0.497 e. The SMILES string of the molecule is COc1ccc2c(c1)-c1ncnn1Cc1c(C)ncn1-2. The minimum absolute atomic E-state index is 0.665. The molecular weight excluding hydrogens is 254 g/mol. The quantitative estimate of drug-likeness (QED) is 0.528. The van der Waals surface area contributed by atoms with Gasteiger partial charge in [-0.1, -0.05) is 0 Å². The van der Waals surface area contributed by atoms with Crippen molar-refractivity contribution in [2.24, 2.45) is 0 Å². The highest BCUT2D eigenvalue weighted by atomic mass is 16.5. The molecule has 0 saturated carbocycles. The molecule has 1 aromatic carbocycles. The average Bonchev–Trinajstić information content (AvgIpc) is 3.04. The van der Waals surface area contributed by atoms with Gasteiger partial charge in [-0.3, -0.25) is 0 Å². The van der Waals surface area contributed by atoms with E-state index in [0.717, 1.165) is 34.2 Å². The van der Waals surface area contributed by atoms with Crippen LogP contribution in [0.4, 0.5) is 0 Å². The predicted molar refractivity (Wildman–Crippen MR) is 73.0 cm³/mol. The van der Waals surface area contributed by atoms with Crippen molar-refractivity contribution in [1.82, 2.24) is 24.3 Å². The molecule has 0 atom stereocenters. The lowest BCUT2D eigenvalue weighted by molar-refractivity contribution is 0.415. The van der Waals surface area contributed by atoms with Crippen molar-refractivity contribution in [3.63, 3.8) is 0 Å². The fourth-order valence-electron chi connectivity index (χ4n) is 2.62. The van der Waals surface area contributed by atoms with Gasteiger partial charge in [-0.05, 0) is 25.1 Å². The summed E-state index contributed by atoms with van der Waals surface area (Å²) in [5.41, 5.74) is 4.18. The van der Waals surface area contributed by atoms with Crippen molar-refractivity contribution in [3.8, 4) is 22.8 Å². The molecule has 0 saturated heterocycles. The number of rotatable bonds is 1. The van der Waals surface area contributed by atoms with E-state index in [9.17, 15) is 0 Å². The number of benzene rings is 1. The summed E-state index contributed by atoms with van der Waals surface area (Å²) in [6.07, 6.45) is 3.43. The van der Waals surface area contributed by atoms with E-state index < -0.39 is 0 Å². The van der Waals surface area contributed by atoms with Crippen LogP contribution in [0.1, 0.15) is 11.4 Å². The standard InChI is InChI=1S/C14H13N5O/c1-9-13-6-19-14(15-7-17-19)11-5-10(20-2)3-4-12(11)18(13)8-16-9/h3-5,7-8H,6H2,1-2H3. The first kappa shape index (κ1) is 11.2. The van der Waals surface area contributed by atoms with Crippen LogP contribution in [0.3, 0.4) is 0 Å². The van der Waals surface area contributed by atoms with Crippen LogP contribution in [0.15, 0.2) is 30.9 Å². The van der Waals surface area contributed by atoms with Gasteiger partial charge in [0.05, 0.1) is 37.1 Å². The van der Waals surface area contributed by atoms with Gasteiger partial charge in [-0.25, -0.2) is 14.6 Å². The molecule has 0 spiro atoms. The van der Waals surface area contributed by atoms with Crippen molar-refractivity contribution in [3.05, 3.63) is 42.2 Å². The van der Waals surface area contributed by atoms with Crippen LogP contribution < -0.4 is 4.74 Å². The third-order valence-electron chi connectivity index (χ3n) is 3.69. The largest absolute Gasteiger partial charge is 0.497 e. The van der Waals surface area contributed by atoms with E-state index >= 15 is 0 Å². The molecular formula is C14H13N5O. The van der Waals surface area contributed by atoms with Gasteiger partial charge in [0, 0.05) is 5.56 Å². The third-order valence-corrected chi connectivity index (χ3v) is 3.69. The highest BCUT2D eigenvalue weighted by molar-refractivity contribution is 5.71. The van der Waals surface area contributed by atoms with Crippen LogP contribution >= 0.6 is 0 Å². The molecule has 6 nitrogen and oxygen atoms in total. The van der Waals surface area contributed by atoms with Crippen molar-refractivity contribution in [2.75, 3.05) is 7.11 Å². The zero-order valence-electron chi connectivity index (χ0n) is 11.2. The summed E-state index contributed by atoms with van der Waals surface area (Å²) in [5, 5.41) is 4.31. The molecule has 100 valence electrons. The molecule has 0 aliphatic carbocycles. The predicted octanol–water partition coefficient (Wildman–Crippen LogP) is 1.81. The summed E-state index contributed by atoms with van der Waals surface area (Å²) < 4.78 is 9.32. The van der Waals surface area contributed by atoms with Crippen molar-refractivity contribution >= 4 is 0 Å². The Kier molecular flexibility index (Phi) is 2.20. The molecule has 4 rings (SSSR count). The van der Waals surface area contributed by atoms with Crippen molar-refractivity contribution in [2.45, 2.75) is 13.5 Å². The molecule has 0 N–H and O–H groups in total. The van der Waals surface area contributed by atoms with Gasteiger partial charge in [0.2, 0.25) is 0 Å². The van der Waals surface area contributed by atoms with E-state index in [-0.39, 0.29) is 0 Å². The maximum Gasteiger partial charge on any atom is 0.160 e. The number of methoxy groups -OCH3 is 1. The fraction of sp³-hybridized carbons (Fsp3) is 0.214. The Balaban J connectivity index is 2.08. The van der Waals surface area contributed by atoms with Gasteiger partial charge >= 0.3 is 0 Å². The molecule has 3 aromatic rings. The fourth-order valence-corrected chi connectivity index (χ4v) is 2.62. The lowest BCUT2D eigenvalue weighted by atomic mass is 10.1. The van der Waals surface area contributed by atoms with Gasteiger partial charge in [0.1, 0.15) is 12.1 Å². The van der Waals surface area contributed by atoms with E-state index in [2.05, 4.69) is 19.6 Å². The van der Waals surface area contributed by atoms with E-state index in [1.165, 1.54) is 0 Å². The summed E-state index contributed by atoms with van der Waals surface area (Å²) in [4.78, 5) is 8.80. The molecule has 6 heteroatoms. The molecule has 2 aromatic heterocycles. The minimum atomic E-state index is 0.665. The second-order valence-electron chi connectivity index (χ2n) is 4.77. The van der Waals surface area contributed by atoms with Crippen LogP contribution in [-0.2, 0) is 6.54 Å². The lowest BCUT2D eigenvalue weighted by Gasteiger charge is -2.10. The molecule has 0 fully saturated rings. The lowest BCUT2D eigenvalue weighted by Crippen LogP contribution is -2.05. The number of aromatic nitrogens is 5. The summed E-state index contributed by atoms with van der Waals surface area (Å²) in [7, 11) is 1.66. The third kappa shape index (κ3) is 1.41. The van der Waals surface area contributed by atoms with Crippen molar-refractivity contribution in [1.29, 1.82) is 0 Å². The van der Waals surface area contributed by atoms with E-state index in [0.29, 0.717) is 6.54 Å². The maximum atomic E-state index is 5.32. The topological polar surface area (TPSA) is 57.8 Å². The van der Waals surface area contributed by atoms with Gasteiger partial charge in [-0.2, -0.15) is 5.10 Å². The molecule has 1 aliphatic heterocycles. The first-order valence-corrected chi connectivity index (χ1v) is 6.37. The molecule has 0 bridgehead atoms. The van der Waals surface area contributed by atoms with Gasteiger partial charge in [0.25, 0.3) is 0 Å². The Morgan fingerprint density at radius 1 is 1.25 bits per heavy atom. The van der Waals surface area contributed by atoms with Crippen LogP contribution in [0.5, 0.6) is 5.75 Å². The monoisotopic (exact) mass is 267 g/mol. The number of nitrogens with zero attached hydrogens (tertiary/aromatic N) is 5. The molecule has 0 unspecified atom stereocenters. The number of hydrogen-bond donors (Lipinski definition) is 0. The second-order valence-corrected chi connectivity index (χ2v) is 4.77. The van der Waals surface area contributed by atoms with E-state index in [1.54, 1.807) is 13.4 Å². The molecule has 0 amide bonds. The number of hydrogen-bond acceptors (Lipinski definition) is 4. The van der Waals surface area contributed by atoms with Crippen LogP contribution in [0, 0.1) is 6.92 Å². The zero-order chi connectivity index (χ0) is 13.7. The number of imidazole rings is 1. The Morgan fingerprint density at radius 2 is 2.15 bits per heavy atom. The Bertz CT molecular complexity index is 802. The van der Waals surface area contributed by atoms with Gasteiger partial charge in [0.15, 0.2) is 5.82 Å². The Hall–Kier alpha value is -2.63. The first-order valence-electron chi connectivity index (χ1n) is 6.37. The summed E-state index contributed by atoms with van der Waals surface area (Å²) in [5.74, 6) is 1.65. The smallest absolute Gasteiger partial charge is 0.160 e. The van der Waals surface area contributed by atoms with Crippen LogP contribution in [-0.4, -0.2) is 31.4 Å². The van der Waals surface area contributed by atoms with Gasteiger partial charge < -0.3 is 9.30 Å². The summed E-state index contributed by atoms with van der Waals surface area (Å²) in [6.45, 7) is 2.68. The normalized spacial score (nSPS) is 12.3. The average molecular weight is 267 g/mol.